The van der Waals surface area contributed by atoms with Crippen LogP contribution in [0.4, 0.5) is 0 Å². The summed E-state index contributed by atoms with van der Waals surface area (Å²) in [6.45, 7) is 9.37. The summed E-state index contributed by atoms with van der Waals surface area (Å²) in [4.78, 5) is 71.8. The number of aliphatic hydroxyl groups is 1. The molecule has 0 radical (unpaired) electrons. The van der Waals surface area contributed by atoms with Crippen molar-refractivity contribution in [2.24, 2.45) is 11.8 Å². The second-order valence-electron chi connectivity index (χ2n) is 24.2. The van der Waals surface area contributed by atoms with Gasteiger partial charge < -0.3 is 33.8 Å². The van der Waals surface area contributed by atoms with Crippen LogP contribution in [-0.4, -0.2) is 96.7 Å². The fourth-order valence-electron chi connectivity index (χ4n) is 9.68. The first kappa shape index (κ1) is 82.1. The Morgan fingerprint density at radius 3 is 0.905 bits per heavy atom. The molecule has 0 amide bonds. The van der Waals surface area contributed by atoms with Crippen molar-refractivity contribution in [3.63, 3.8) is 0 Å². The number of phosphoric ester groups is 2. The molecule has 19 heteroatoms. The molecular formula is C65H126O17P2. The molecule has 0 saturated carbocycles. The maximum Gasteiger partial charge on any atom is 0.472 e. The molecule has 0 bridgehead atoms. The highest BCUT2D eigenvalue weighted by molar-refractivity contribution is 7.47. The third-order valence-electron chi connectivity index (χ3n) is 15.3. The first-order valence-electron chi connectivity index (χ1n) is 34.0. The van der Waals surface area contributed by atoms with Crippen molar-refractivity contribution in [1.82, 2.24) is 0 Å². The second-order valence-corrected chi connectivity index (χ2v) is 27.1. The van der Waals surface area contributed by atoms with Gasteiger partial charge in [-0.2, -0.15) is 0 Å². The van der Waals surface area contributed by atoms with Crippen molar-refractivity contribution >= 4 is 39.5 Å². The molecule has 6 atom stereocenters. The number of hydrogen-bond donors (Lipinski definition) is 3. The van der Waals surface area contributed by atoms with Crippen LogP contribution in [0.2, 0.25) is 0 Å². The quantitative estimate of drug-likeness (QED) is 0.0222. The van der Waals surface area contributed by atoms with Gasteiger partial charge in [0.15, 0.2) is 12.2 Å². The summed E-state index contributed by atoms with van der Waals surface area (Å²) in [5, 5.41) is 10.5. The van der Waals surface area contributed by atoms with Crippen LogP contribution in [0.25, 0.3) is 0 Å². The fraction of sp³-hybridized carbons (Fsp3) is 0.938. The van der Waals surface area contributed by atoms with E-state index in [4.69, 9.17) is 37.0 Å². The normalized spacial score (nSPS) is 14.6. The smallest absolute Gasteiger partial charge is 0.462 e. The molecule has 3 unspecified atom stereocenters. The Kier molecular flexibility index (Phi) is 56.2. The highest BCUT2D eigenvalue weighted by Crippen LogP contribution is 2.45. The van der Waals surface area contributed by atoms with Gasteiger partial charge in [-0.3, -0.25) is 37.3 Å². The summed E-state index contributed by atoms with van der Waals surface area (Å²) in [7, 11) is -9.87. The number of aliphatic hydroxyl groups excluding tert-OH is 1. The van der Waals surface area contributed by atoms with Crippen LogP contribution in [0.5, 0.6) is 0 Å². The van der Waals surface area contributed by atoms with Gasteiger partial charge in [-0.05, 0) is 37.5 Å². The lowest BCUT2D eigenvalue weighted by Gasteiger charge is -2.21. The number of ether oxygens (including phenoxy) is 4. The van der Waals surface area contributed by atoms with Crippen molar-refractivity contribution in [2.45, 2.75) is 342 Å². The van der Waals surface area contributed by atoms with Gasteiger partial charge in [-0.15, -0.1) is 0 Å². The molecule has 0 spiro atoms. The summed E-state index contributed by atoms with van der Waals surface area (Å²) in [5.74, 6) is -0.599. The number of unbranched alkanes of at least 4 members (excludes halogenated alkanes) is 33. The molecule has 84 heavy (non-hydrogen) atoms. The van der Waals surface area contributed by atoms with Crippen LogP contribution < -0.4 is 0 Å². The summed E-state index contributed by atoms with van der Waals surface area (Å²) in [6.07, 6.45) is 41.1. The molecule has 0 aromatic carbocycles. The minimum Gasteiger partial charge on any atom is -0.462 e. The number of phosphoric acid groups is 2. The molecule has 3 N–H and O–H groups in total. The van der Waals surface area contributed by atoms with Gasteiger partial charge in [0.25, 0.3) is 0 Å². The van der Waals surface area contributed by atoms with Crippen molar-refractivity contribution in [3.8, 4) is 0 Å². The molecule has 498 valence electrons. The first-order valence-corrected chi connectivity index (χ1v) is 37.0. The van der Waals surface area contributed by atoms with Gasteiger partial charge in [-0.25, -0.2) is 9.13 Å². The summed E-state index contributed by atoms with van der Waals surface area (Å²) < 4.78 is 67.7. The predicted octanol–water partition coefficient (Wildman–Crippen LogP) is 18.0. The van der Waals surface area contributed by atoms with Crippen molar-refractivity contribution in [1.29, 1.82) is 0 Å². The molecule has 17 nitrogen and oxygen atoms in total. The lowest BCUT2D eigenvalue weighted by Crippen LogP contribution is -2.30. The molecule has 0 heterocycles. The van der Waals surface area contributed by atoms with Crippen LogP contribution in [0.1, 0.15) is 324 Å². The van der Waals surface area contributed by atoms with E-state index in [2.05, 4.69) is 41.5 Å². The predicted molar refractivity (Wildman–Crippen MR) is 335 cm³/mol. The highest BCUT2D eigenvalue weighted by atomic mass is 31.2. The zero-order valence-electron chi connectivity index (χ0n) is 54.2. The SMILES string of the molecule is CCCCCCCCCCC(=O)O[C@H](COC(=O)CCCCCCC)COP(=O)(O)OC[C@H](O)COP(=O)(O)OC[C@@H](COC(=O)CCCCCCCCC(C)C)OC(=O)CCCCCCCCCCCCCCCCCCCCC(C)CC. The molecule has 0 fully saturated rings. The molecule has 0 aliphatic carbocycles. The average Bonchev–Trinajstić information content (AvgIpc) is 3.65. The van der Waals surface area contributed by atoms with E-state index < -0.39 is 97.5 Å². The summed E-state index contributed by atoms with van der Waals surface area (Å²) in [6, 6.07) is 0. The molecule has 0 rings (SSSR count). The van der Waals surface area contributed by atoms with Gasteiger partial charge in [-0.1, -0.05) is 273 Å². The van der Waals surface area contributed by atoms with Gasteiger partial charge in [0, 0.05) is 25.7 Å². The van der Waals surface area contributed by atoms with Crippen molar-refractivity contribution in [3.05, 3.63) is 0 Å². The number of carbonyl (C=O) groups is 4. The van der Waals surface area contributed by atoms with E-state index in [9.17, 15) is 43.2 Å². The van der Waals surface area contributed by atoms with Crippen LogP contribution in [0.15, 0.2) is 0 Å². The molecule has 0 saturated heterocycles. The minimum absolute atomic E-state index is 0.104. The minimum atomic E-state index is -4.94. The summed E-state index contributed by atoms with van der Waals surface area (Å²) in [5.41, 5.74) is 0. The van der Waals surface area contributed by atoms with E-state index in [1.165, 1.54) is 122 Å². The van der Waals surface area contributed by atoms with Gasteiger partial charge in [0.05, 0.1) is 26.4 Å². The Labute approximate surface area is 511 Å². The van der Waals surface area contributed by atoms with Crippen LogP contribution in [0, 0.1) is 11.8 Å². The fourth-order valence-corrected chi connectivity index (χ4v) is 11.3. The van der Waals surface area contributed by atoms with Crippen molar-refractivity contribution < 1.29 is 80.2 Å². The first-order chi connectivity index (χ1) is 40.4. The molecule has 0 aromatic heterocycles. The van der Waals surface area contributed by atoms with Crippen LogP contribution in [-0.2, 0) is 65.4 Å². The zero-order valence-corrected chi connectivity index (χ0v) is 56.0. The molecule has 0 aliphatic heterocycles. The van der Waals surface area contributed by atoms with E-state index in [0.29, 0.717) is 31.6 Å². The van der Waals surface area contributed by atoms with E-state index >= 15 is 0 Å². The van der Waals surface area contributed by atoms with Crippen LogP contribution >= 0.6 is 15.6 Å². The molecule has 0 aromatic rings. The van der Waals surface area contributed by atoms with Crippen molar-refractivity contribution in [2.75, 3.05) is 39.6 Å². The van der Waals surface area contributed by atoms with Gasteiger partial charge in [0.1, 0.15) is 19.3 Å². The molecular weight excluding hydrogens is 1110 g/mol. The second kappa shape index (κ2) is 57.5. The Balaban J connectivity index is 5.02. The van der Waals surface area contributed by atoms with E-state index in [-0.39, 0.29) is 25.7 Å². The van der Waals surface area contributed by atoms with E-state index in [1.807, 2.05) is 0 Å². The topological polar surface area (TPSA) is 237 Å². The lowest BCUT2D eigenvalue weighted by atomic mass is 9.99. The Morgan fingerprint density at radius 2 is 0.607 bits per heavy atom. The van der Waals surface area contributed by atoms with Gasteiger partial charge >= 0.3 is 39.5 Å². The van der Waals surface area contributed by atoms with Crippen LogP contribution in [0.3, 0.4) is 0 Å². The Morgan fingerprint density at radius 1 is 0.345 bits per heavy atom. The third kappa shape index (κ3) is 57.8. The Bertz CT molecular complexity index is 1650. The number of rotatable bonds is 64. The summed E-state index contributed by atoms with van der Waals surface area (Å²) >= 11 is 0. The third-order valence-corrected chi connectivity index (χ3v) is 17.2. The van der Waals surface area contributed by atoms with Gasteiger partial charge in [0.2, 0.25) is 0 Å². The number of hydrogen-bond acceptors (Lipinski definition) is 15. The number of carbonyl (C=O) groups excluding carboxylic acids is 4. The molecule has 0 aliphatic rings. The maximum absolute atomic E-state index is 13.0. The van der Waals surface area contributed by atoms with E-state index in [1.54, 1.807) is 0 Å². The standard InChI is InChI=1S/C65H126O17P2/c1-7-10-12-14-15-29-37-43-49-64(69)81-60(53-75-62(67)47-41-33-13-11-8-2)55-79-83(71,72)77-51-59(66)52-78-84(73,74)80-56-61(54-76-63(68)48-42-36-32-31-34-39-45-57(4)5)82-65(70)50-44-38-30-27-25-23-21-19-17-16-18-20-22-24-26-28-35-40-46-58(6)9-3/h57-61,66H,7-56H2,1-6H3,(H,71,72)(H,73,74)/t58?,59-,60+,61+/m0/s1. The highest BCUT2D eigenvalue weighted by Gasteiger charge is 2.30. The largest absolute Gasteiger partial charge is 0.472 e. The van der Waals surface area contributed by atoms with E-state index in [0.717, 1.165) is 115 Å². The average molecular weight is 1240 g/mol. The monoisotopic (exact) mass is 1240 g/mol. The maximum atomic E-state index is 13.0. The lowest BCUT2D eigenvalue weighted by molar-refractivity contribution is -0.161. The number of esters is 4. The Hall–Kier alpha value is -1.94. The zero-order chi connectivity index (χ0) is 62.2.